The molecule has 0 radical (unpaired) electrons. The van der Waals surface area contributed by atoms with E-state index in [1.54, 1.807) is 6.33 Å². The van der Waals surface area contributed by atoms with Crippen LogP contribution in [0.1, 0.15) is 0 Å². The van der Waals surface area contributed by atoms with Gasteiger partial charge in [-0.1, -0.05) is 29.8 Å². The van der Waals surface area contributed by atoms with Gasteiger partial charge in [-0.15, -0.1) is 0 Å². The van der Waals surface area contributed by atoms with Gasteiger partial charge in [0.1, 0.15) is 5.52 Å². The van der Waals surface area contributed by atoms with Crippen molar-refractivity contribution in [2.24, 2.45) is 0 Å². The summed E-state index contributed by atoms with van der Waals surface area (Å²) in [7, 11) is 0. The number of imidazole rings is 1. The molecule has 0 amide bonds. The topological polar surface area (TPSA) is 68.2 Å². The Morgan fingerprint density at radius 1 is 1.29 bits per heavy atom. The molecule has 3 heterocycles. The van der Waals surface area contributed by atoms with Crippen LogP contribution in [-0.4, -0.2) is 32.2 Å². The van der Waals surface area contributed by atoms with Crippen molar-refractivity contribution in [1.82, 2.24) is 19.5 Å². The smallest absolute Gasteiger partial charge is 0.230 e. The number of fused-ring (bicyclic) bond motifs is 1. The van der Waals surface area contributed by atoms with Crippen molar-refractivity contribution in [3.05, 3.63) is 41.8 Å². The van der Waals surface area contributed by atoms with E-state index < -0.39 is 0 Å². The number of halogens is 1. The summed E-state index contributed by atoms with van der Waals surface area (Å²) in [6, 6.07) is 9.72. The average molecular weight is 302 g/mol. The van der Waals surface area contributed by atoms with Crippen LogP contribution in [0.25, 0.3) is 11.2 Å². The van der Waals surface area contributed by atoms with Gasteiger partial charge in [0.15, 0.2) is 10.8 Å². The molecule has 21 heavy (non-hydrogen) atoms. The normalized spacial score (nSPS) is 17.1. The lowest BCUT2D eigenvalue weighted by atomic mass is 10.3. The predicted molar refractivity (Wildman–Crippen MR) is 79.8 cm³/mol. The SMILES string of the molecule is Clc1nc(Nc2ccccc2)nc2c1ncn2CC1CO1. The summed E-state index contributed by atoms with van der Waals surface area (Å²) in [5, 5.41) is 3.49. The maximum atomic E-state index is 6.20. The van der Waals surface area contributed by atoms with Gasteiger partial charge in [0.2, 0.25) is 5.95 Å². The number of hydrogen-bond donors (Lipinski definition) is 1. The Morgan fingerprint density at radius 2 is 2.10 bits per heavy atom. The van der Waals surface area contributed by atoms with Crippen LogP contribution in [0.4, 0.5) is 11.6 Å². The van der Waals surface area contributed by atoms with Crippen LogP contribution in [0.2, 0.25) is 5.15 Å². The molecule has 1 aliphatic rings. The van der Waals surface area contributed by atoms with Crippen molar-refractivity contribution >= 4 is 34.4 Å². The fourth-order valence-corrected chi connectivity index (χ4v) is 2.36. The molecule has 1 N–H and O–H groups in total. The Balaban J connectivity index is 1.72. The highest BCUT2D eigenvalue weighted by Gasteiger charge is 2.24. The van der Waals surface area contributed by atoms with Gasteiger partial charge in [0.25, 0.3) is 0 Å². The molecule has 6 nitrogen and oxygen atoms in total. The van der Waals surface area contributed by atoms with E-state index in [1.165, 1.54) is 0 Å². The zero-order valence-corrected chi connectivity index (χ0v) is 11.8. The molecule has 1 atom stereocenters. The first-order valence-corrected chi connectivity index (χ1v) is 6.99. The van der Waals surface area contributed by atoms with Gasteiger partial charge in [0.05, 0.1) is 25.6 Å². The first-order valence-electron chi connectivity index (χ1n) is 6.61. The van der Waals surface area contributed by atoms with E-state index in [1.807, 2.05) is 34.9 Å². The molecular weight excluding hydrogens is 290 g/mol. The molecule has 1 unspecified atom stereocenters. The van der Waals surface area contributed by atoms with Crippen LogP contribution in [-0.2, 0) is 11.3 Å². The number of hydrogen-bond acceptors (Lipinski definition) is 5. The van der Waals surface area contributed by atoms with Crippen LogP contribution in [0.3, 0.4) is 0 Å². The van der Waals surface area contributed by atoms with Crippen molar-refractivity contribution in [1.29, 1.82) is 0 Å². The Labute approximate surface area is 125 Å². The summed E-state index contributed by atoms with van der Waals surface area (Å²) >= 11 is 6.20. The van der Waals surface area contributed by atoms with E-state index in [0.717, 1.165) is 18.8 Å². The molecule has 1 fully saturated rings. The minimum Gasteiger partial charge on any atom is -0.371 e. The van der Waals surface area contributed by atoms with Crippen molar-refractivity contribution in [3.8, 4) is 0 Å². The molecule has 0 aliphatic carbocycles. The minimum absolute atomic E-state index is 0.252. The number of nitrogens with zero attached hydrogens (tertiary/aromatic N) is 4. The Bertz CT molecular complexity index is 785. The quantitative estimate of drug-likeness (QED) is 0.592. The van der Waals surface area contributed by atoms with Gasteiger partial charge >= 0.3 is 0 Å². The van der Waals surface area contributed by atoms with E-state index in [2.05, 4.69) is 20.3 Å². The maximum absolute atomic E-state index is 6.20. The maximum Gasteiger partial charge on any atom is 0.230 e. The standard InChI is InChI=1S/C14H12ClN5O/c15-12-11-13(20(8-16-11)6-10-7-21-10)19-14(18-12)17-9-4-2-1-3-5-9/h1-5,8,10H,6-7H2,(H,17,18,19). The third kappa shape index (κ3) is 2.55. The average Bonchev–Trinajstić information content (AvgIpc) is 3.21. The highest BCUT2D eigenvalue weighted by Crippen LogP contribution is 2.24. The first kappa shape index (κ1) is 12.6. The number of nitrogens with one attached hydrogen (secondary N) is 1. The number of para-hydroxylation sites is 1. The molecule has 1 aromatic carbocycles. The van der Waals surface area contributed by atoms with Gasteiger partial charge in [-0.2, -0.15) is 9.97 Å². The van der Waals surface area contributed by atoms with E-state index in [-0.39, 0.29) is 6.10 Å². The lowest BCUT2D eigenvalue weighted by Crippen LogP contribution is -2.05. The van der Waals surface area contributed by atoms with Gasteiger partial charge < -0.3 is 14.6 Å². The zero-order chi connectivity index (χ0) is 14.2. The van der Waals surface area contributed by atoms with E-state index in [9.17, 15) is 0 Å². The molecule has 0 spiro atoms. The van der Waals surface area contributed by atoms with Crippen LogP contribution in [0, 0.1) is 0 Å². The minimum atomic E-state index is 0.252. The number of rotatable bonds is 4. The van der Waals surface area contributed by atoms with E-state index in [0.29, 0.717) is 22.3 Å². The third-order valence-electron chi connectivity index (χ3n) is 3.25. The van der Waals surface area contributed by atoms with Crippen molar-refractivity contribution < 1.29 is 4.74 Å². The summed E-state index contributed by atoms with van der Waals surface area (Å²) in [6.45, 7) is 1.52. The van der Waals surface area contributed by atoms with E-state index >= 15 is 0 Å². The fourth-order valence-electron chi connectivity index (χ4n) is 2.14. The summed E-state index contributed by atoms with van der Waals surface area (Å²) < 4.78 is 7.19. The Kier molecular flexibility index (Phi) is 2.98. The van der Waals surface area contributed by atoms with Gasteiger partial charge in [-0.05, 0) is 12.1 Å². The monoisotopic (exact) mass is 301 g/mol. The second-order valence-corrected chi connectivity index (χ2v) is 5.21. The molecule has 1 saturated heterocycles. The Hall–Kier alpha value is -2.18. The molecule has 4 rings (SSSR count). The summed E-state index contributed by atoms with van der Waals surface area (Å²) in [5.41, 5.74) is 2.23. The van der Waals surface area contributed by atoms with Crippen LogP contribution in [0.15, 0.2) is 36.7 Å². The van der Waals surface area contributed by atoms with Crippen LogP contribution < -0.4 is 5.32 Å². The van der Waals surface area contributed by atoms with Gasteiger partial charge in [-0.25, -0.2) is 4.98 Å². The molecule has 2 aromatic heterocycles. The molecule has 7 heteroatoms. The second kappa shape index (κ2) is 4.98. The highest BCUT2D eigenvalue weighted by molar-refractivity contribution is 6.33. The molecule has 3 aromatic rings. The second-order valence-electron chi connectivity index (χ2n) is 4.85. The van der Waals surface area contributed by atoms with Crippen LogP contribution in [0.5, 0.6) is 0 Å². The summed E-state index contributed by atoms with van der Waals surface area (Å²) in [5.74, 6) is 0.456. The largest absolute Gasteiger partial charge is 0.371 e. The zero-order valence-electron chi connectivity index (χ0n) is 11.0. The number of epoxide rings is 1. The van der Waals surface area contributed by atoms with Crippen molar-refractivity contribution in [2.45, 2.75) is 12.6 Å². The molecule has 0 bridgehead atoms. The highest BCUT2D eigenvalue weighted by atomic mass is 35.5. The van der Waals surface area contributed by atoms with Crippen molar-refractivity contribution in [2.75, 3.05) is 11.9 Å². The number of benzene rings is 1. The number of anilines is 2. The summed E-state index contributed by atoms with van der Waals surface area (Å²) in [4.78, 5) is 13.0. The number of ether oxygens (including phenoxy) is 1. The van der Waals surface area contributed by atoms with E-state index in [4.69, 9.17) is 16.3 Å². The Morgan fingerprint density at radius 3 is 2.86 bits per heavy atom. The first-order chi connectivity index (χ1) is 10.3. The molecule has 106 valence electrons. The third-order valence-corrected chi connectivity index (χ3v) is 3.52. The fraction of sp³-hybridized carbons (Fsp3) is 0.214. The van der Waals surface area contributed by atoms with Crippen LogP contribution >= 0.6 is 11.6 Å². The summed E-state index contributed by atoms with van der Waals surface area (Å²) in [6.07, 6.45) is 1.97. The molecular formula is C14H12ClN5O. The predicted octanol–water partition coefficient (Wildman–Crippen LogP) is 2.62. The lowest BCUT2D eigenvalue weighted by molar-refractivity contribution is 0.384. The molecule has 1 aliphatic heterocycles. The number of aromatic nitrogens is 4. The van der Waals surface area contributed by atoms with Gasteiger partial charge in [-0.3, -0.25) is 0 Å². The van der Waals surface area contributed by atoms with Gasteiger partial charge in [0, 0.05) is 5.69 Å². The lowest BCUT2D eigenvalue weighted by Gasteiger charge is -2.06. The molecule has 0 saturated carbocycles. The van der Waals surface area contributed by atoms with Crippen molar-refractivity contribution in [3.63, 3.8) is 0 Å².